The van der Waals surface area contributed by atoms with Gasteiger partial charge in [0.2, 0.25) is 0 Å². The third-order valence-electron chi connectivity index (χ3n) is 2.09. The van der Waals surface area contributed by atoms with Crippen LogP contribution >= 0.6 is 23.2 Å². The van der Waals surface area contributed by atoms with E-state index in [-0.39, 0.29) is 13.0 Å². The number of carboxylic acids is 1. The minimum Gasteiger partial charge on any atom is -0.481 e. The topological polar surface area (TPSA) is 73.1 Å². The molecule has 0 saturated heterocycles. The van der Waals surface area contributed by atoms with Gasteiger partial charge in [0.25, 0.3) is 0 Å². The van der Waals surface area contributed by atoms with Gasteiger partial charge < -0.3 is 5.11 Å². The number of carbonyl (C=O) groups is 1. The van der Waals surface area contributed by atoms with Gasteiger partial charge in [-0.2, -0.15) is 5.26 Å². The molecule has 0 bridgehead atoms. The molecule has 0 amide bonds. The number of nitrogens with one attached hydrogen (secondary N) is 1. The molecule has 0 saturated carbocycles. The second-order valence-electron chi connectivity index (χ2n) is 3.33. The molecule has 17 heavy (non-hydrogen) atoms. The highest BCUT2D eigenvalue weighted by atomic mass is 35.5. The summed E-state index contributed by atoms with van der Waals surface area (Å²) in [5, 5.41) is 21.2. The molecule has 0 fully saturated rings. The second kappa shape index (κ2) is 6.45. The fourth-order valence-corrected chi connectivity index (χ4v) is 1.80. The summed E-state index contributed by atoms with van der Waals surface area (Å²) in [4.78, 5) is 10.4. The Morgan fingerprint density at radius 1 is 1.53 bits per heavy atom. The van der Waals surface area contributed by atoms with Gasteiger partial charge in [-0.05, 0) is 12.1 Å². The highest BCUT2D eigenvalue weighted by molar-refractivity contribution is 6.35. The van der Waals surface area contributed by atoms with Crippen LogP contribution in [0.2, 0.25) is 10.0 Å². The number of nitrogens with zero attached hydrogens (tertiary/aromatic N) is 1. The summed E-state index contributed by atoms with van der Waals surface area (Å²) in [6.07, 6.45) is -0.0522. The van der Waals surface area contributed by atoms with Crippen LogP contribution < -0.4 is 5.32 Å². The predicted octanol–water partition coefficient (Wildman–Crippen LogP) is 2.62. The molecule has 90 valence electrons. The van der Waals surface area contributed by atoms with Crippen molar-refractivity contribution in [2.24, 2.45) is 0 Å². The van der Waals surface area contributed by atoms with Crippen LogP contribution in [-0.4, -0.2) is 17.6 Å². The molecule has 1 unspecified atom stereocenters. The maximum atomic E-state index is 10.4. The van der Waals surface area contributed by atoms with Crippen molar-refractivity contribution in [3.05, 3.63) is 33.8 Å². The lowest BCUT2D eigenvalue weighted by Crippen LogP contribution is -2.23. The normalized spacial score (nSPS) is 11.8. The molecule has 1 aromatic rings. The van der Waals surface area contributed by atoms with E-state index >= 15 is 0 Å². The van der Waals surface area contributed by atoms with Gasteiger partial charge >= 0.3 is 5.97 Å². The van der Waals surface area contributed by atoms with Gasteiger partial charge in [0.05, 0.1) is 12.5 Å². The smallest absolute Gasteiger partial charge is 0.304 e. The largest absolute Gasteiger partial charge is 0.481 e. The molecule has 0 heterocycles. The SMILES string of the molecule is N#CC(NCCC(=O)O)c1ccc(Cl)cc1Cl. The Hall–Kier alpha value is -1.28. The van der Waals surface area contributed by atoms with E-state index in [4.69, 9.17) is 33.6 Å². The maximum Gasteiger partial charge on any atom is 0.304 e. The number of aliphatic carboxylic acids is 1. The van der Waals surface area contributed by atoms with Crippen molar-refractivity contribution < 1.29 is 9.90 Å². The standard InChI is InChI=1S/C11H10Cl2N2O2/c12-7-1-2-8(9(13)5-7)10(6-14)15-4-3-11(16)17/h1-2,5,10,15H,3-4H2,(H,16,17). The summed E-state index contributed by atoms with van der Waals surface area (Å²) >= 11 is 11.7. The van der Waals surface area contributed by atoms with Crippen LogP contribution in [0.15, 0.2) is 18.2 Å². The van der Waals surface area contributed by atoms with Gasteiger partial charge in [-0.1, -0.05) is 29.3 Å². The van der Waals surface area contributed by atoms with E-state index in [1.165, 1.54) is 0 Å². The Morgan fingerprint density at radius 2 is 2.24 bits per heavy atom. The molecule has 1 atom stereocenters. The van der Waals surface area contributed by atoms with Crippen molar-refractivity contribution in [3.63, 3.8) is 0 Å². The van der Waals surface area contributed by atoms with Gasteiger partial charge in [-0.25, -0.2) is 0 Å². The Bertz CT molecular complexity index is 457. The zero-order chi connectivity index (χ0) is 12.8. The van der Waals surface area contributed by atoms with Crippen molar-refractivity contribution >= 4 is 29.2 Å². The van der Waals surface area contributed by atoms with E-state index in [0.29, 0.717) is 15.6 Å². The van der Waals surface area contributed by atoms with Crippen LogP contribution in [0.4, 0.5) is 0 Å². The first-order valence-electron chi connectivity index (χ1n) is 4.84. The van der Waals surface area contributed by atoms with Crippen LogP contribution in [0.1, 0.15) is 18.0 Å². The molecule has 4 nitrogen and oxygen atoms in total. The molecular weight excluding hydrogens is 263 g/mol. The van der Waals surface area contributed by atoms with Crippen molar-refractivity contribution in [2.75, 3.05) is 6.54 Å². The molecule has 1 aromatic carbocycles. The summed E-state index contributed by atoms with van der Waals surface area (Å²) in [5.41, 5.74) is 0.587. The molecule has 0 aromatic heterocycles. The average Bonchev–Trinajstić information content (AvgIpc) is 2.25. The number of hydrogen-bond donors (Lipinski definition) is 2. The molecule has 0 spiro atoms. The number of carboxylic acid groups (broad SMARTS) is 1. The van der Waals surface area contributed by atoms with Gasteiger partial charge in [0.15, 0.2) is 0 Å². The third kappa shape index (κ3) is 4.23. The van der Waals surface area contributed by atoms with Gasteiger partial charge in [-0.3, -0.25) is 10.1 Å². The second-order valence-corrected chi connectivity index (χ2v) is 4.17. The molecule has 2 N–H and O–H groups in total. The number of rotatable bonds is 5. The molecule has 1 rings (SSSR count). The van der Waals surface area contributed by atoms with Crippen molar-refractivity contribution in [2.45, 2.75) is 12.5 Å². The van der Waals surface area contributed by atoms with Crippen LogP contribution in [0.5, 0.6) is 0 Å². The lowest BCUT2D eigenvalue weighted by atomic mass is 10.1. The lowest BCUT2D eigenvalue weighted by molar-refractivity contribution is -0.136. The van der Waals surface area contributed by atoms with Crippen LogP contribution in [0.25, 0.3) is 0 Å². The molecule has 0 aliphatic carbocycles. The first kappa shape index (κ1) is 13.8. The van der Waals surface area contributed by atoms with Gasteiger partial charge in [0.1, 0.15) is 6.04 Å². The average molecular weight is 273 g/mol. The first-order chi connectivity index (χ1) is 8.04. The molecule has 0 aliphatic rings. The molecular formula is C11H10Cl2N2O2. The minimum atomic E-state index is -0.920. The van der Waals surface area contributed by atoms with E-state index in [2.05, 4.69) is 5.32 Å². The van der Waals surface area contributed by atoms with Crippen molar-refractivity contribution in [1.29, 1.82) is 5.26 Å². The van der Waals surface area contributed by atoms with Crippen molar-refractivity contribution in [3.8, 4) is 6.07 Å². The number of halogens is 2. The van der Waals surface area contributed by atoms with E-state index in [9.17, 15) is 4.79 Å². The Balaban J connectivity index is 2.73. The maximum absolute atomic E-state index is 10.4. The Morgan fingerprint density at radius 3 is 2.76 bits per heavy atom. The van der Waals surface area contributed by atoms with Gasteiger partial charge in [-0.15, -0.1) is 0 Å². The first-order valence-corrected chi connectivity index (χ1v) is 5.60. The fourth-order valence-electron chi connectivity index (χ4n) is 1.28. The fraction of sp³-hybridized carbons (Fsp3) is 0.273. The summed E-state index contributed by atoms with van der Waals surface area (Å²) in [7, 11) is 0. The van der Waals surface area contributed by atoms with E-state index in [1.54, 1.807) is 18.2 Å². The van der Waals surface area contributed by atoms with E-state index in [1.807, 2.05) is 6.07 Å². The summed E-state index contributed by atoms with van der Waals surface area (Å²) in [6.45, 7) is 0.201. The molecule has 0 aliphatic heterocycles. The molecule has 0 radical (unpaired) electrons. The van der Waals surface area contributed by atoms with E-state index in [0.717, 1.165) is 0 Å². The minimum absolute atomic E-state index is 0.0522. The van der Waals surface area contributed by atoms with Gasteiger partial charge in [0, 0.05) is 22.2 Å². The number of hydrogen-bond acceptors (Lipinski definition) is 3. The summed E-state index contributed by atoms with van der Waals surface area (Å²) < 4.78 is 0. The molecule has 6 heteroatoms. The predicted molar refractivity (Wildman–Crippen MR) is 65.1 cm³/mol. The summed E-state index contributed by atoms with van der Waals surface area (Å²) in [6, 6.07) is 6.20. The van der Waals surface area contributed by atoms with Crippen molar-refractivity contribution in [1.82, 2.24) is 5.32 Å². The van der Waals surface area contributed by atoms with Crippen LogP contribution in [0, 0.1) is 11.3 Å². The lowest BCUT2D eigenvalue weighted by Gasteiger charge is -2.12. The Labute approximate surface area is 109 Å². The Kier molecular flexibility index (Phi) is 5.23. The van der Waals surface area contributed by atoms with Crippen LogP contribution in [-0.2, 0) is 4.79 Å². The number of benzene rings is 1. The number of nitriles is 1. The third-order valence-corrected chi connectivity index (χ3v) is 2.65. The quantitative estimate of drug-likeness (QED) is 0.864. The zero-order valence-corrected chi connectivity index (χ0v) is 10.3. The highest BCUT2D eigenvalue weighted by Crippen LogP contribution is 2.25. The summed E-state index contributed by atoms with van der Waals surface area (Å²) in [5.74, 6) is -0.920. The monoisotopic (exact) mass is 272 g/mol. The zero-order valence-electron chi connectivity index (χ0n) is 8.78. The van der Waals surface area contributed by atoms with Crippen LogP contribution in [0.3, 0.4) is 0 Å². The van der Waals surface area contributed by atoms with E-state index < -0.39 is 12.0 Å². The highest BCUT2D eigenvalue weighted by Gasteiger charge is 2.14.